The molecule has 0 fully saturated rings. The predicted molar refractivity (Wildman–Crippen MR) is 73.6 cm³/mol. The number of nitrogens with one attached hydrogen (secondary N) is 1. The molecule has 1 aliphatic rings. The molecule has 2 N–H and O–H groups in total. The first-order chi connectivity index (χ1) is 9.28. The lowest BCUT2D eigenvalue weighted by atomic mass is 9.97. The molecule has 1 aromatic rings. The van der Waals surface area contributed by atoms with E-state index in [-0.39, 0.29) is 17.1 Å². The van der Waals surface area contributed by atoms with Gasteiger partial charge in [0.05, 0.1) is 5.56 Å². The molecule has 108 valence electrons. The maximum atomic E-state index is 12.1. The van der Waals surface area contributed by atoms with E-state index in [1.165, 1.54) is 6.20 Å². The highest BCUT2D eigenvalue weighted by Gasteiger charge is 2.26. The molecule has 20 heavy (non-hydrogen) atoms. The number of aromatic carboxylic acids is 1. The molecule has 6 nitrogen and oxygen atoms in total. The minimum Gasteiger partial charge on any atom is -0.478 e. The van der Waals surface area contributed by atoms with Gasteiger partial charge in [-0.15, -0.1) is 0 Å². The molecule has 0 aliphatic carbocycles. The minimum absolute atomic E-state index is 0.135. The first-order valence-electron chi connectivity index (χ1n) is 6.54. The second-order valence-electron chi connectivity index (χ2n) is 5.98. The van der Waals surface area contributed by atoms with Gasteiger partial charge >= 0.3 is 12.0 Å². The summed E-state index contributed by atoms with van der Waals surface area (Å²) >= 11 is 0. The fourth-order valence-electron chi connectivity index (χ4n) is 2.25. The van der Waals surface area contributed by atoms with Crippen LogP contribution in [0.4, 0.5) is 4.79 Å². The highest BCUT2D eigenvalue weighted by Crippen LogP contribution is 2.22. The fourth-order valence-corrected chi connectivity index (χ4v) is 2.25. The van der Waals surface area contributed by atoms with E-state index in [9.17, 15) is 9.59 Å². The van der Waals surface area contributed by atoms with Crippen LogP contribution in [0.3, 0.4) is 0 Å². The molecule has 2 amide bonds. The first kappa shape index (κ1) is 14.3. The molecule has 0 radical (unpaired) electrons. The number of carboxylic acids is 1. The van der Waals surface area contributed by atoms with Crippen LogP contribution in [0.25, 0.3) is 0 Å². The molecular weight excluding hydrogens is 258 g/mol. The summed E-state index contributed by atoms with van der Waals surface area (Å²) in [5, 5.41) is 12.0. The number of carbonyl (C=O) groups is 2. The summed E-state index contributed by atoms with van der Waals surface area (Å²) < 4.78 is 0. The molecule has 0 unspecified atom stereocenters. The molecule has 0 saturated heterocycles. The number of hydrogen-bond acceptors (Lipinski definition) is 3. The molecule has 1 aliphatic heterocycles. The Balaban J connectivity index is 2.18. The van der Waals surface area contributed by atoms with Crippen LogP contribution in [0.1, 0.15) is 42.3 Å². The third-order valence-corrected chi connectivity index (χ3v) is 3.14. The van der Waals surface area contributed by atoms with E-state index in [0.717, 1.165) is 11.1 Å². The monoisotopic (exact) mass is 277 g/mol. The number of amides is 2. The van der Waals surface area contributed by atoms with Crippen molar-refractivity contribution >= 4 is 12.0 Å². The smallest absolute Gasteiger partial charge is 0.337 e. The lowest BCUT2D eigenvalue weighted by Crippen LogP contribution is -2.49. The number of nitrogens with zero attached hydrogens (tertiary/aromatic N) is 2. The Hall–Kier alpha value is -2.11. The predicted octanol–water partition coefficient (Wildman–Crippen LogP) is 1.65. The number of carbonyl (C=O) groups excluding carboxylic acids is 1. The van der Waals surface area contributed by atoms with Crippen molar-refractivity contribution in [2.24, 2.45) is 0 Å². The van der Waals surface area contributed by atoms with Crippen molar-refractivity contribution in [2.45, 2.75) is 39.3 Å². The maximum Gasteiger partial charge on any atom is 0.337 e. The third-order valence-electron chi connectivity index (χ3n) is 3.14. The molecule has 0 aromatic carbocycles. The first-order valence-corrected chi connectivity index (χ1v) is 6.54. The maximum absolute atomic E-state index is 12.1. The van der Waals surface area contributed by atoms with E-state index in [1.54, 1.807) is 11.1 Å². The van der Waals surface area contributed by atoms with Gasteiger partial charge in [-0.2, -0.15) is 0 Å². The van der Waals surface area contributed by atoms with Crippen molar-refractivity contribution in [2.75, 3.05) is 6.54 Å². The van der Waals surface area contributed by atoms with E-state index < -0.39 is 5.97 Å². The molecule has 0 atom stereocenters. The number of hydrogen-bond donors (Lipinski definition) is 2. The summed E-state index contributed by atoms with van der Waals surface area (Å²) in [5.41, 5.74) is 1.53. The van der Waals surface area contributed by atoms with E-state index in [4.69, 9.17) is 5.11 Å². The molecule has 0 spiro atoms. The van der Waals surface area contributed by atoms with Crippen molar-refractivity contribution in [3.63, 3.8) is 0 Å². The average Bonchev–Trinajstić information content (AvgIpc) is 2.35. The third kappa shape index (κ3) is 3.07. The van der Waals surface area contributed by atoms with Gasteiger partial charge in [0.2, 0.25) is 0 Å². The van der Waals surface area contributed by atoms with E-state index >= 15 is 0 Å². The Labute approximate surface area is 117 Å². The number of urea groups is 1. The van der Waals surface area contributed by atoms with Crippen LogP contribution in [0.5, 0.6) is 0 Å². The lowest BCUT2D eigenvalue weighted by molar-refractivity contribution is 0.0694. The van der Waals surface area contributed by atoms with Crippen molar-refractivity contribution in [1.29, 1.82) is 0 Å². The van der Waals surface area contributed by atoms with Gasteiger partial charge in [-0.25, -0.2) is 9.59 Å². The Bertz CT molecular complexity index is 549. The topological polar surface area (TPSA) is 82.5 Å². The van der Waals surface area contributed by atoms with Crippen LogP contribution >= 0.6 is 0 Å². The van der Waals surface area contributed by atoms with Gasteiger partial charge in [0.15, 0.2) is 0 Å². The summed E-state index contributed by atoms with van der Waals surface area (Å²) in [4.78, 5) is 28.9. The quantitative estimate of drug-likeness (QED) is 0.817. The molecular formula is C14H19N3O3. The van der Waals surface area contributed by atoms with Gasteiger partial charge in [0.25, 0.3) is 0 Å². The van der Waals surface area contributed by atoms with Crippen LogP contribution in [-0.4, -0.2) is 39.1 Å². The lowest BCUT2D eigenvalue weighted by Gasteiger charge is -2.32. The van der Waals surface area contributed by atoms with Gasteiger partial charge in [-0.1, -0.05) is 0 Å². The van der Waals surface area contributed by atoms with Crippen molar-refractivity contribution in [1.82, 2.24) is 15.2 Å². The Kier molecular flexibility index (Phi) is 3.65. The van der Waals surface area contributed by atoms with Gasteiger partial charge in [-0.3, -0.25) is 4.98 Å². The number of pyridine rings is 1. The van der Waals surface area contributed by atoms with Gasteiger partial charge < -0.3 is 15.3 Å². The zero-order valence-electron chi connectivity index (χ0n) is 11.9. The van der Waals surface area contributed by atoms with E-state index in [1.807, 2.05) is 20.8 Å². The average molecular weight is 277 g/mol. The van der Waals surface area contributed by atoms with Crippen LogP contribution in [-0.2, 0) is 13.0 Å². The minimum atomic E-state index is -0.970. The zero-order valence-corrected chi connectivity index (χ0v) is 11.9. The van der Waals surface area contributed by atoms with Crippen LogP contribution in [0, 0.1) is 0 Å². The van der Waals surface area contributed by atoms with Crippen LogP contribution in [0.15, 0.2) is 12.4 Å². The second-order valence-corrected chi connectivity index (χ2v) is 5.98. The van der Waals surface area contributed by atoms with Gasteiger partial charge in [0.1, 0.15) is 0 Å². The molecule has 6 heteroatoms. The number of aromatic nitrogens is 1. The molecule has 2 heterocycles. The SMILES string of the molecule is CC(C)(C)NC(=O)N1CCc2c(cncc2C(=O)O)C1. The largest absolute Gasteiger partial charge is 0.478 e. The van der Waals surface area contributed by atoms with Crippen molar-refractivity contribution in [3.05, 3.63) is 29.1 Å². The molecule has 0 saturated carbocycles. The Morgan fingerprint density at radius 3 is 2.65 bits per heavy atom. The summed E-state index contributed by atoms with van der Waals surface area (Å²) in [6, 6.07) is -0.135. The number of fused-ring (bicyclic) bond motifs is 1. The normalized spacial score (nSPS) is 14.7. The number of carboxylic acid groups (broad SMARTS) is 1. The Morgan fingerprint density at radius 2 is 2.05 bits per heavy atom. The highest BCUT2D eigenvalue weighted by molar-refractivity contribution is 5.89. The summed E-state index contributed by atoms with van der Waals surface area (Å²) in [7, 11) is 0. The molecule has 1 aromatic heterocycles. The number of rotatable bonds is 1. The van der Waals surface area contributed by atoms with Crippen LogP contribution in [0.2, 0.25) is 0 Å². The molecule has 0 bridgehead atoms. The summed E-state index contributed by atoms with van der Waals surface area (Å²) in [5.74, 6) is -0.970. The van der Waals surface area contributed by atoms with Crippen molar-refractivity contribution < 1.29 is 14.7 Å². The molecule has 2 rings (SSSR count). The highest BCUT2D eigenvalue weighted by atomic mass is 16.4. The second kappa shape index (κ2) is 5.11. The zero-order chi connectivity index (χ0) is 14.9. The fraction of sp³-hybridized carbons (Fsp3) is 0.500. The van der Waals surface area contributed by atoms with Crippen LogP contribution < -0.4 is 5.32 Å². The standard InChI is InChI=1S/C14H19N3O3/c1-14(2,3)16-13(20)17-5-4-10-9(8-17)6-15-7-11(10)12(18)19/h6-7H,4-5,8H2,1-3H3,(H,16,20)(H,18,19). The Morgan fingerprint density at radius 1 is 1.35 bits per heavy atom. The van der Waals surface area contributed by atoms with Gasteiger partial charge in [0, 0.05) is 31.0 Å². The van der Waals surface area contributed by atoms with E-state index in [0.29, 0.717) is 19.5 Å². The van der Waals surface area contributed by atoms with E-state index in [2.05, 4.69) is 10.3 Å². The summed E-state index contributed by atoms with van der Waals surface area (Å²) in [6.07, 6.45) is 3.54. The van der Waals surface area contributed by atoms with Gasteiger partial charge in [-0.05, 0) is 38.3 Å². The summed E-state index contributed by atoms with van der Waals surface area (Å²) in [6.45, 7) is 6.68. The van der Waals surface area contributed by atoms with Crippen molar-refractivity contribution in [3.8, 4) is 0 Å².